The molecule has 3 rings (SSSR count). The first-order valence-electron chi connectivity index (χ1n) is 6.02. The summed E-state index contributed by atoms with van der Waals surface area (Å²) in [5.41, 5.74) is 2.48. The molecule has 2 aromatic heterocycles. The van der Waals surface area contributed by atoms with E-state index in [2.05, 4.69) is 10.1 Å². The van der Waals surface area contributed by atoms with Gasteiger partial charge in [0.15, 0.2) is 5.65 Å². The molecule has 0 aliphatic rings. The van der Waals surface area contributed by atoms with Gasteiger partial charge in [0.05, 0.1) is 11.8 Å². The summed E-state index contributed by atoms with van der Waals surface area (Å²) in [5, 5.41) is 13.4. The van der Waals surface area contributed by atoms with E-state index >= 15 is 0 Å². The highest BCUT2D eigenvalue weighted by atomic mass is 35.5. The number of hydrogen-bond donors (Lipinski definition) is 1. The van der Waals surface area contributed by atoms with Crippen LogP contribution in [0.25, 0.3) is 16.8 Å². The van der Waals surface area contributed by atoms with Gasteiger partial charge in [0, 0.05) is 0 Å². The van der Waals surface area contributed by atoms with Crippen molar-refractivity contribution in [2.75, 3.05) is 0 Å². The average Bonchev–Trinajstić information content (AvgIpc) is 2.85. The van der Waals surface area contributed by atoms with E-state index in [1.807, 2.05) is 31.2 Å². The number of aromatic carboxylic acids is 1. The Labute approximate surface area is 129 Å². The highest BCUT2D eigenvalue weighted by Crippen LogP contribution is 2.34. The Morgan fingerprint density at radius 3 is 2.52 bits per heavy atom. The number of aromatic nitrogens is 3. The number of carboxylic acids is 1. The summed E-state index contributed by atoms with van der Waals surface area (Å²) >= 11 is 12.5. The largest absolute Gasteiger partial charge is 0.477 e. The molecule has 2 heterocycles. The highest BCUT2D eigenvalue weighted by Gasteiger charge is 2.20. The molecule has 21 heavy (non-hydrogen) atoms. The third kappa shape index (κ3) is 2.24. The Bertz CT molecular complexity index is 857. The van der Waals surface area contributed by atoms with Crippen LogP contribution < -0.4 is 0 Å². The molecule has 0 atom stereocenters. The van der Waals surface area contributed by atoms with Crippen LogP contribution in [0.4, 0.5) is 0 Å². The number of aryl methyl sites for hydroxylation is 1. The van der Waals surface area contributed by atoms with Crippen molar-refractivity contribution in [3.05, 3.63) is 51.9 Å². The fraction of sp³-hybridized carbons (Fsp3) is 0.0714. The number of fused-ring (bicyclic) bond motifs is 1. The summed E-state index contributed by atoms with van der Waals surface area (Å²) in [5.74, 6) is -1.13. The van der Waals surface area contributed by atoms with E-state index in [0.29, 0.717) is 5.56 Å². The van der Waals surface area contributed by atoms with E-state index in [0.717, 1.165) is 11.1 Å². The van der Waals surface area contributed by atoms with Crippen LogP contribution in [0.2, 0.25) is 10.3 Å². The first-order chi connectivity index (χ1) is 9.99. The van der Waals surface area contributed by atoms with Crippen molar-refractivity contribution in [1.29, 1.82) is 0 Å². The van der Waals surface area contributed by atoms with Gasteiger partial charge in [0.1, 0.15) is 15.9 Å². The Morgan fingerprint density at radius 1 is 1.24 bits per heavy atom. The zero-order valence-electron chi connectivity index (χ0n) is 10.8. The predicted molar refractivity (Wildman–Crippen MR) is 80.1 cm³/mol. The van der Waals surface area contributed by atoms with E-state index in [1.54, 1.807) is 0 Å². The third-order valence-corrected chi connectivity index (χ3v) is 3.74. The van der Waals surface area contributed by atoms with Gasteiger partial charge in [-0.2, -0.15) is 5.10 Å². The molecule has 0 amide bonds. The zero-order valence-corrected chi connectivity index (χ0v) is 12.4. The smallest absolute Gasteiger partial charge is 0.341 e. The number of carboxylic acid groups (broad SMARTS) is 1. The van der Waals surface area contributed by atoms with Gasteiger partial charge in [-0.25, -0.2) is 14.3 Å². The Morgan fingerprint density at radius 2 is 1.90 bits per heavy atom. The molecule has 0 aliphatic heterocycles. The van der Waals surface area contributed by atoms with E-state index in [-0.39, 0.29) is 21.5 Å². The van der Waals surface area contributed by atoms with Crippen LogP contribution >= 0.6 is 23.2 Å². The highest BCUT2D eigenvalue weighted by molar-refractivity contribution is 6.38. The third-order valence-electron chi connectivity index (χ3n) is 3.12. The summed E-state index contributed by atoms with van der Waals surface area (Å²) in [6.45, 7) is 1.97. The average molecular weight is 322 g/mol. The second-order valence-corrected chi connectivity index (χ2v) is 5.25. The standard InChI is InChI=1S/C14H9Cl2N3O2/c1-7-2-4-8(5-3-7)10-11(15)18-13-9(14(20)21)6-17-19(13)12(10)16/h2-6H,1H3,(H,20,21). The summed E-state index contributed by atoms with van der Waals surface area (Å²) in [7, 11) is 0. The van der Waals surface area contributed by atoms with Gasteiger partial charge < -0.3 is 5.11 Å². The fourth-order valence-corrected chi connectivity index (χ4v) is 2.69. The van der Waals surface area contributed by atoms with E-state index < -0.39 is 5.97 Å². The monoisotopic (exact) mass is 321 g/mol. The molecule has 0 spiro atoms. The lowest BCUT2D eigenvalue weighted by Crippen LogP contribution is -2.01. The maximum absolute atomic E-state index is 11.1. The molecule has 106 valence electrons. The lowest BCUT2D eigenvalue weighted by molar-refractivity contribution is 0.0699. The van der Waals surface area contributed by atoms with Gasteiger partial charge in [-0.05, 0) is 12.5 Å². The number of rotatable bonds is 2. The second-order valence-electron chi connectivity index (χ2n) is 4.53. The molecule has 7 heteroatoms. The minimum atomic E-state index is -1.13. The molecule has 0 unspecified atom stereocenters. The molecule has 1 N–H and O–H groups in total. The van der Waals surface area contributed by atoms with Gasteiger partial charge in [0.25, 0.3) is 0 Å². The molecule has 0 saturated carbocycles. The normalized spacial score (nSPS) is 11.0. The van der Waals surface area contributed by atoms with Crippen molar-refractivity contribution in [2.24, 2.45) is 0 Å². The van der Waals surface area contributed by atoms with Crippen molar-refractivity contribution in [3.8, 4) is 11.1 Å². The maximum atomic E-state index is 11.1. The van der Waals surface area contributed by atoms with E-state index in [9.17, 15) is 4.79 Å². The van der Waals surface area contributed by atoms with Gasteiger partial charge in [-0.1, -0.05) is 53.0 Å². The minimum absolute atomic E-state index is 0.0470. The van der Waals surface area contributed by atoms with Crippen LogP contribution in [0, 0.1) is 6.92 Å². The number of carbonyl (C=O) groups is 1. The zero-order chi connectivity index (χ0) is 15.1. The van der Waals surface area contributed by atoms with Gasteiger partial charge in [-0.3, -0.25) is 0 Å². The molecule has 0 fully saturated rings. The quantitative estimate of drug-likeness (QED) is 0.730. The SMILES string of the molecule is Cc1ccc(-c2c(Cl)nc3c(C(=O)O)cnn3c2Cl)cc1. The molecule has 0 bridgehead atoms. The molecule has 0 saturated heterocycles. The van der Waals surface area contributed by atoms with Gasteiger partial charge >= 0.3 is 5.97 Å². The summed E-state index contributed by atoms with van der Waals surface area (Å²) < 4.78 is 1.27. The number of halogens is 2. The van der Waals surface area contributed by atoms with Gasteiger partial charge in [0.2, 0.25) is 0 Å². The van der Waals surface area contributed by atoms with Crippen molar-refractivity contribution < 1.29 is 9.90 Å². The van der Waals surface area contributed by atoms with Gasteiger partial charge in [-0.15, -0.1) is 0 Å². The van der Waals surface area contributed by atoms with Crippen LogP contribution in [0.15, 0.2) is 30.5 Å². The van der Waals surface area contributed by atoms with Crippen LogP contribution in [0.3, 0.4) is 0 Å². The Hall–Kier alpha value is -2.11. The van der Waals surface area contributed by atoms with Crippen LogP contribution in [-0.4, -0.2) is 25.7 Å². The molecular formula is C14H9Cl2N3O2. The molecule has 0 aliphatic carbocycles. The number of nitrogens with zero attached hydrogens (tertiary/aromatic N) is 3. The summed E-state index contributed by atoms with van der Waals surface area (Å²) in [4.78, 5) is 15.2. The molecule has 3 aromatic rings. The van der Waals surface area contributed by atoms with Crippen molar-refractivity contribution >= 4 is 34.8 Å². The first kappa shape index (κ1) is 13.9. The minimum Gasteiger partial charge on any atom is -0.477 e. The van der Waals surface area contributed by atoms with E-state index in [1.165, 1.54) is 10.7 Å². The lowest BCUT2D eigenvalue weighted by Gasteiger charge is -2.09. The Kier molecular flexibility index (Phi) is 3.31. The summed E-state index contributed by atoms with van der Waals surface area (Å²) in [6, 6.07) is 7.60. The lowest BCUT2D eigenvalue weighted by atomic mass is 10.1. The molecule has 0 radical (unpaired) electrons. The topological polar surface area (TPSA) is 67.5 Å². The maximum Gasteiger partial charge on any atom is 0.341 e. The second kappa shape index (κ2) is 5.02. The fourth-order valence-electron chi connectivity index (χ4n) is 2.04. The van der Waals surface area contributed by atoms with Crippen molar-refractivity contribution in [2.45, 2.75) is 6.92 Å². The Balaban J connectivity index is 2.30. The summed E-state index contributed by atoms with van der Waals surface area (Å²) in [6.07, 6.45) is 1.20. The van der Waals surface area contributed by atoms with Crippen LogP contribution in [0.5, 0.6) is 0 Å². The van der Waals surface area contributed by atoms with E-state index in [4.69, 9.17) is 28.3 Å². The van der Waals surface area contributed by atoms with Crippen molar-refractivity contribution in [3.63, 3.8) is 0 Å². The van der Waals surface area contributed by atoms with Crippen LogP contribution in [-0.2, 0) is 0 Å². The number of hydrogen-bond acceptors (Lipinski definition) is 3. The van der Waals surface area contributed by atoms with Crippen molar-refractivity contribution in [1.82, 2.24) is 14.6 Å². The van der Waals surface area contributed by atoms with Crippen LogP contribution in [0.1, 0.15) is 15.9 Å². The number of benzene rings is 1. The predicted octanol–water partition coefficient (Wildman–Crippen LogP) is 3.71. The molecular weight excluding hydrogens is 313 g/mol. The molecule has 5 nitrogen and oxygen atoms in total. The first-order valence-corrected chi connectivity index (χ1v) is 6.77. The molecule has 1 aromatic carbocycles.